The fourth-order valence-corrected chi connectivity index (χ4v) is 3.61. The molecule has 148 valence electrons. The highest BCUT2D eigenvalue weighted by atomic mass is 19.2. The Morgan fingerprint density at radius 1 is 0.900 bits per heavy atom. The van der Waals surface area contributed by atoms with Gasteiger partial charge in [-0.2, -0.15) is 5.10 Å². The van der Waals surface area contributed by atoms with Gasteiger partial charge in [-0.05, 0) is 37.3 Å². The largest absolute Gasteiger partial charge is 0.268 e. The third kappa shape index (κ3) is 2.45. The van der Waals surface area contributed by atoms with Crippen LogP contribution in [0.15, 0.2) is 48.7 Å². The summed E-state index contributed by atoms with van der Waals surface area (Å²) in [5.41, 5.74) is 1.07. The summed E-state index contributed by atoms with van der Waals surface area (Å²) < 4.78 is 42.0. The minimum Gasteiger partial charge on any atom is -0.268 e. The van der Waals surface area contributed by atoms with E-state index in [9.17, 15) is 22.8 Å². The standard InChI is InChI=1S/C21H11F3N4O2/c1-10-17-18-14(9-25-19(17)28(26-10)13-4-2-3-11(22)7-13)20(29)27(21(18)30)12-5-6-15(23)16(24)8-12/h2-9H,1H3. The van der Waals surface area contributed by atoms with Crippen LogP contribution in [0.5, 0.6) is 0 Å². The third-order valence-corrected chi connectivity index (χ3v) is 4.94. The van der Waals surface area contributed by atoms with E-state index in [1.807, 2.05) is 0 Å². The first-order valence-electron chi connectivity index (χ1n) is 8.85. The predicted molar refractivity (Wildman–Crippen MR) is 101 cm³/mol. The molecule has 0 saturated carbocycles. The number of anilines is 1. The third-order valence-electron chi connectivity index (χ3n) is 4.94. The maximum atomic E-state index is 13.7. The zero-order valence-corrected chi connectivity index (χ0v) is 15.4. The van der Waals surface area contributed by atoms with Gasteiger partial charge in [-0.3, -0.25) is 9.59 Å². The summed E-state index contributed by atoms with van der Waals surface area (Å²) in [6, 6.07) is 8.47. The number of carbonyl (C=O) groups is 2. The number of aromatic nitrogens is 3. The molecule has 6 nitrogen and oxygen atoms in total. The zero-order chi connectivity index (χ0) is 21.2. The van der Waals surface area contributed by atoms with E-state index in [0.717, 1.165) is 23.1 Å². The molecular weight excluding hydrogens is 397 g/mol. The quantitative estimate of drug-likeness (QED) is 0.471. The van der Waals surface area contributed by atoms with Crippen LogP contribution < -0.4 is 4.90 Å². The molecule has 0 N–H and O–H groups in total. The van der Waals surface area contributed by atoms with Gasteiger partial charge in [0.15, 0.2) is 17.3 Å². The van der Waals surface area contributed by atoms with Crippen molar-refractivity contribution < 1.29 is 22.8 Å². The van der Waals surface area contributed by atoms with Gasteiger partial charge in [0.1, 0.15) is 5.82 Å². The molecule has 9 heteroatoms. The molecule has 0 aliphatic carbocycles. The molecule has 1 aliphatic rings. The number of amides is 2. The van der Waals surface area contributed by atoms with Gasteiger partial charge in [-0.15, -0.1) is 0 Å². The number of imide groups is 1. The van der Waals surface area contributed by atoms with Crippen molar-refractivity contribution in [2.45, 2.75) is 6.92 Å². The molecule has 0 spiro atoms. The fraction of sp³-hybridized carbons (Fsp3) is 0.0476. The van der Waals surface area contributed by atoms with Gasteiger partial charge >= 0.3 is 0 Å². The molecule has 0 atom stereocenters. The van der Waals surface area contributed by atoms with Gasteiger partial charge in [0.25, 0.3) is 11.8 Å². The fourth-order valence-electron chi connectivity index (χ4n) is 3.61. The summed E-state index contributed by atoms with van der Waals surface area (Å²) in [6.07, 6.45) is 1.23. The monoisotopic (exact) mass is 408 g/mol. The molecule has 4 aromatic rings. The minimum absolute atomic E-state index is 0.0270. The molecular formula is C21H11F3N4O2. The zero-order valence-electron chi connectivity index (χ0n) is 15.4. The number of rotatable bonds is 2. The molecule has 30 heavy (non-hydrogen) atoms. The highest BCUT2D eigenvalue weighted by Crippen LogP contribution is 2.35. The van der Waals surface area contributed by atoms with Gasteiger partial charge in [-0.1, -0.05) is 6.07 Å². The van der Waals surface area contributed by atoms with Crippen molar-refractivity contribution in [2.24, 2.45) is 0 Å². The van der Waals surface area contributed by atoms with E-state index in [1.165, 1.54) is 29.1 Å². The van der Waals surface area contributed by atoms with Gasteiger partial charge in [0.05, 0.1) is 33.6 Å². The summed E-state index contributed by atoms with van der Waals surface area (Å²) in [7, 11) is 0. The molecule has 2 aromatic carbocycles. The van der Waals surface area contributed by atoms with Crippen molar-refractivity contribution in [3.63, 3.8) is 0 Å². The molecule has 3 heterocycles. The highest BCUT2D eigenvalue weighted by molar-refractivity contribution is 6.37. The maximum Gasteiger partial charge on any atom is 0.267 e. The normalized spacial score (nSPS) is 13.4. The van der Waals surface area contributed by atoms with Crippen molar-refractivity contribution in [3.8, 4) is 5.69 Å². The average Bonchev–Trinajstić information content (AvgIpc) is 3.18. The summed E-state index contributed by atoms with van der Waals surface area (Å²) in [6.45, 7) is 1.64. The Hall–Kier alpha value is -4.01. The number of halogens is 3. The number of benzene rings is 2. The summed E-state index contributed by atoms with van der Waals surface area (Å²) in [5.74, 6) is -4.14. The Morgan fingerprint density at radius 3 is 2.43 bits per heavy atom. The van der Waals surface area contributed by atoms with Gasteiger partial charge in [0, 0.05) is 12.3 Å². The first kappa shape index (κ1) is 18.0. The molecule has 0 bridgehead atoms. The second-order valence-electron chi connectivity index (χ2n) is 6.77. The van der Waals surface area contributed by atoms with Crippen LogP contribution in [0.3, 0.4) is 0 Å². The van der Waals surface area contributed by atoms with Gasteiger partial charge in [-0.25, -0.2) is 27.7 Å². The summed E-state index contributed by atoms with van der Waals surface area (Å²) in [5, 5.41) is 4.69. The topological polar surface area (TPSA) is 68.1 Å². The second-order valence-corrected chi connectivity index (χ2v) is 6.77. The van der Waals surface area contributed by atoms with Crippen LogP contribution in [0.4, 0.5) is 18.9 Å². The Morgan fingerprint density at radius 2 is 1.70 bits per heavy atom. The lowest BCUT2D eigenvalue weighted by molar-refractivity contribution is 0.0926. The van der Waals surface area contributed by atoms with E-state index < -0.39 is 29.3 Å². The number of nitrogens with zero attached hydrogens (tertiary/aromatic N) is 4. The lowest BCUT2D eigenvalue weighted by atomic mass is 10.1. The molecule has 0 saturated heterocycles. The number of aryl methyl sites for hydroxylation is 1. The first-order valence-corrected chi connectivity index (χ1v) is 8.85. The molecule has 5 rings (SSSR count). The van der Waals surface area contributed by atoms with Crippen LogP contribution in [0.1, 0.15) is 26.4 Å². The average molecular weight is 408 g/mol. The highest BCUT2D eigenvalue weighted by Gasteiger charge is 2.40. The number of pyridine rings is 1. The van der Waals surface area contributed by atoms with Crippen LogP contribution in [-0.2, 0) is 0 Å². The minimum atomic E-state index is -1.18. The second kappa shape index (κ2) is 6.24. The van der Waals surface area contributed by atoms with E-state index in [1.54, 1.807) is 13.0 Å². The van der Waals surface area contributed by atoms with Crippen LogP contribution in [-0.4, -0.2) is 26.6 Å². The molecule has 2 amide bonds. The van der Waals surface area contributed by atoms with Gasteiger partial charge in [0.2, 0.25) is 0 Å². The van der Waals surface area contributed by atoms with Crippen LogP contribution in [0.2, 0.25) is 0 Å². The van der Waals surface area contributed by atoms with E-state index in [4.69, 9.17) is 0 Å². The number of carbonyl (C=O) groups excluding carboxylic acids is 2. The van der Waals surface area contributed by atoms with Crippen LogP contribution >= 0.6 is 0 Å². The molecule has 0 fully saturated rings. The molecule has 1 aliphatic heterocycles. The number of hydrogen-bond donors (Lipinski definition) is 0. The van der Waals surface area contributed by atoms with E-state index >= 15 is 0 Å². The molecule has 2 aromatic heterocycles. The van der Waals surface area contributed by atoms with Gasteiger partial charge < -0.3 is 0 Å². The van der Waals surface area contributed by atoms with Crippen molar-refractivity contribution in [1.82, 2.24) is 14.8 Å². The molecule has 0 unspecified atom stereocenters. The molecule has 0 radical (unpaired) electrons. The SMILES string of the molecule is Cc1nn(-c2cccc(F)c2)c2ncc3c(c12)C(=O)N(c1ccc(F)c(F)c1)C3=O. The summed E-state index contributed by atoms with van der Waals surface area (Å²) >= 11 is 0. The Kier molecular flexibility index (Phi) is 3.76. The van der Waals surface area contributed by atoms with E-state index in [2.05, 4.69) is 10.1 Å². The van der Waals surface area contributed by atoms with E-state index in [-0.39, 0.29) is 22.5 Å². The smallest absolute Gasteiger partial charge is 0.267 e. The Bertz CT molecular complexity index is 1400. The Balaban J connectivity index is 1.71. The lowest BCUT2D eigenvalue weighted by Gasteiger charge is -2.13. The summed E-state index contributed by atoms with van der Waals surface area (Å²) in [4.78, 5) is 31.0. The van der Waals surface area contributed by atoms with Crippen molar-refractivity contribution >= 4 is 28.5 Å². The maximum absolute atomic E-state index is 13.7. The van der Waals surface area contributed by atoms with Crippen molar-refractivity contribution in [2.75, 3.05) is 4.90 Å². The van der Waals surface area contributed by atoms with Crippen molar-refractivity contribution in [3.05, 3.63) is 82.9 Å². The predicted octanol–water partition coefficient (Wildman–Crippen LogP) is 3.95. The van der Waals surface area contributed by atoms with Crippen LogP contribution in [0.25, 0.3) is 16.7 Å². The number of hydrogen-bond acceptors (Lipinski definition) is 4. The number of fused-ring (bicyclic) bond motifs is 3. The van der Waals surface area contributed by atoms with Crippen LogP contribution in [0, 0.1) is 24.4 Å². The van der Waals surface area contributed by atoms with E-state index in [0.29, 0.717) is 16.8 Å². The lowest BCUT2D eigenvalue weighted by Crippen LogP contribution is -2.29. The van der Waals surface area contributed by atoms with Crippen molar-refractivity contribution in [1.29, 1.82) is 0 Å². The Labute approximate surface area is 167 Å². The first-order chi connectivity index (χ1) is 14.4.